The van der Waals surface area contributed by atoms with Crippen LogP contribution in [0.25, 0.3) is 10.8 Å². The monoisotopic (exact) mass is 320 g/mol. The molecule has 4 rings (SSSR count). The standard InChI is InChI=1S/C10H8.2C5H6.2C2H6/c1-2-6-10-8-4-3-7-9(10)5-1;2*1-2-4-5-3-1;2*1-2/h1-8H;2*1-4H,5H2;2*1-2H3. The van der Waals surface area contributed by atoms with Crippen molar-refractivity contribution in [2.45, 2.75) is 40.5 Å². The number of fused-ring (bicyclic) bond motifs is 1. The van der Waals surface area contributed by atoms with Gasteiger partial charge in [-0.3, -0.25) is 0 Å². The second kappa shape index (κ2) is 17.0. The van der Waals surface area contributed by atoms with Crippen molar-refractivity contribution < 1.29 is 0 Å². The molecule has 0 N–H and O–H groups in total. The highest BCUT2D eigenvalue weighted by molar-refractivity contribution is 5.81. The zero-order valence-electron chi connectivity index (χ0n) is 15.7. The van der Waals surface area contributed by atoms with E-state index in [9.17, 15) is 0 Å². The molecule has 0 fully saturated rings. The highest BCUT2D eigenvalue weighted by Crippen LogP contribution is 2.11. The average molecular weight is 321 g/mol. The summed E-state index contributed by atoms with van der Waals surface area (Å²) in [5.74, 6) is 0. The van der Waals surface area contributed by atoms with Crippen LogP contribution in [0.2, 0.25) is 0 Å². The SMILES string of the molecule is C1=CCC=C1.C1=CCC=C1.CC.CC.c1ccc2ccccc2c1. The van der Waals surface area contributed by atoms with Gasteiger partial charge in [0.15, 0.2) is 0 Å². The van der Waals surface area contributed by atoms with Gasteiger partial charge in [-0.2, -0.15) is 0 Å². The van der Waals surface area contributed by atoms with Crippen molar-refractivity contribution in [2.75, 3.05) is 0 Å². The number of rotatable bonds is 0. The van der Waals surface area contributed by atoms with E-state index in [1.807, 2.05) is 27.7 Å². The van der Waals surface area contributed by atoms with E-state index in [1.165, 1.54) is 10.8 Å². The van der Waals surface area contributed by atoms with Crippen molar-refractivity contribution in [3.63, 3.8) is 0 Å². The summed E-state index contributed by atoms with van der Waals surface area (Å²) in [7, 11) is 0. The Morgan fingerprint density at radius 3 is 0.875 bits per heavy atom. The number of allylic oxidation sites excluding steroid dienone is 8. The van der Waals surface area contributed by atoms with Crippen LogP contribution in [0.1, 0.15) is 40.5 Å². The molecule has 2 aromatic carbocycles. The lowest BCUT2D eigenvalue weighted by Gasteiger charge is -1.92. The molecule has 0 aromatic heterocycles. The van der Waals surface area contributed by atoms with Gasteiger partial charge in [-0.15, -0.1) is 0 Å². The Morgan fingerprint density at radius 1 is 0.458 bits per heavy atom. The van der Waals surface area contributed by atoms with Crippen LogP contribution in [0.5, 0.6) is 0 Å². The van der Waals surface area contributed by atoms with Crippen LogP contribution >= 0.6 is 0 Å². The van der Waals surface area contributed by atoms with Crippen molar-refractivity contribution in [1.82, 2.24) is 0 Å². The van der Waals surface area contributed by atoms with E-state index < -0.39 is 0 Å². The summed E-state index contributed by atoms with van der Waals surface area (Å²) in [5, 5.41) is 2.62. The Kier molecular flexibility index (Phi) is 15.4. The van der Waals surface area contributed by atoms with Crippen LogP contribution in [0.3, 0.4) is 0 Å². The maximum atomic E-state index is 2.12. The largest absolute Gasteiger partial charge is 0.0808 e. The summed E-state index contributed by atoms with van der Waals surface area (Å²) in [4.78, 5) is 0. The molecule has 0 heteroatoms. The summed E-state index contributed by atoms with van der Waals surface area (Å²) < 4.78 is 0. The first-order chi connectivity index (χ1) is 12.0. The minimum atomic E-state index is 1.14. The Balaban J connectivity index is 0.000000323. The van der Waals surface area contributed by atoms with Crippen LogP contribution in [-0.2, 0) is 0 Å². The first-order valence-electron chi connectivity index (χ1n) is 9.04. The van der Waals surface area contributed by atoms with Crippen LogP contribution in [-0.4, -0.2) is 0 Å². The fraction of sp³-hybridized carbons (Fsp3) is 0.250. The van der Waals surface area contributed by atoms with Gasteiger partial charge in [0, 0.05) is 0 Å². The van der Waals surface area contributed by atoms with Crippen LogP contribution in [0.15, 0.2) is 97.1 Å². The third-order valence-corrected chi connectivity index (χ3v) is 2.97. The molecule has 0 amide bonds. The van der Waals surface area contributed by atoms with Gasteiger partial charge in [-0.25, -0.2) is 0 Å². The second-order valence-corrected chi connectivity index (χ2v) is 4.53. The lowest BCUT2D eigenvalue weighted by Crippen LogP contribution is -1.67. The predicted octanol–water partition coefficient (Wildman–Crippen LogP) is 7.90. The Bertz CT molecular complexity index is 520. The summed E-state index contributed by atoms with van der Waals surface area (Å²) >= 11 is 0. The smallest absolute Gasteiger partial charge is 0.0163 e. The molecule has 0 spiro atoms. The van der Waals surface area contributed by atoms with E-state index in [4.69, 9.17) is 0 Å². The predicted molar refractivity (Wildman–Crippen MR) is 112 cm³/mol. The Labute approximate surface area is 148 Å². The highest BCUT2D eigenvalue weighted by atomic mass is 13.9. The Morgan fingerprint density at radius 2 is 0.708 bits per heavy atom. The van der Waals surface area contributed by atoms with Gasteiger partial charge >= 0.3 is 0 Å². The van der Waals surface area contributed by atoms with E-state index in [-0.39, 0.29) is 0 Å². The molecule has 2 aliphatic rings. The lowest BCUT2D eigenvalue weighted by atomic mass is 10.1. The molecule has 24 heavy (non-hydrogen) atoms. The summed E-state index contributed by atoms with van der Waals surface area (Å²) in [6, 6.07) is 16.7. The van der Waals surface area contributed by atoms with E-state index in [0.29, 0.717) is 0 Å². The molecule has 0 aliphatic heterocycles. The lowest BCUT2D eigenvalue weighted by molar-refractivity contribution is 1.45. The van der Waals surface area contributed by atoms with Gasteiger partial charge in [-0.05, 0) is 23.6 Å². The topological polar surface area (TPSA) is 0 Å². The third kappa shape index (κ3) is 10.4. The molecule has 0 saturated carbocycles. The van der Waals surface area contributed by atoms with Crippen molar-refractivity contribution in [3.8, 4) is 0 Å². The molecule has 0 bridgehead atoms. The molecular formula is C24H32. The van der Waals surface area contributed by atoms with Gasteiger partial charge in [0.05, 0.1) is 0 Å². The van der Waals surface area contributed by atoms with E-state index in [2.05, 4.69) is 97.1 Å². The molecular weight excluding hydrogens is 288 g/mol. The van der Waals surface area contributed by atoms with Crippen molar-refractivity contribution in [2.24, 2.45) is 0 Å². The summed E-state index contributed by atoms with van der Waals surface area (Å²) in [5.41, 5.74) is 0. The molecule has 128 valence electrons. The summed E-state index contributed by atoms with van der Waals surface area (Å²) in [6.07, 6.45) is 19.0. The fourth-order valence-corrected chi connectivity index (χ4v) is 1.92. The van der Waals surface area contributed by atoms with Gasteiger partial charge in [0.25, 0.3) is 0 Å². The van der Waals surface area contributed by atoms with Crippen molar-refractivity contribution in [3.05, 3.63) is 97.1 Å². The number of hydrogen-bond donors (Lipinski definition) is 0. The van der Waals surface area contributed by atoms with E-state index in [0.717, 1.165) is 12.8 Å². The second-order valence-electron chi connectivity index (χ2n) is 4.53. The molecule has 0 heterocycles. The molecule has 2 aliphatic carbocycles. The molecule has 0 saturated heterocycles. The maximum absolute atomic E-state index is 2.12. The van der Waals surface area contributed by atoms with E-state index in [1.54, 1.807) is 0 Å². The molecule has 0 nitrogen and oxygen atoms in total. The summed E-state index contributed by atoms with van der Waals surface area (Å²) in [6.45, 7) is 8.00. The molecule has 0 radical (unpaired) electrons. The first kappa shape index (κ1) is 21.7. The van der Waals surface area contributed by atoms with Crippen LogP contribution in [0.4, 0.5) is 0 Å². The Hall–Kier alpha value is -2.34. The van der Waals surface area contributed by atoms with Crippen molar-refractivity contribution in [1.29, 1.82) is 0 Å². The van der Waals surface area contributed by atoms with E-state index >= 15 is 0 Å². The normalized spacial score (nSPS) is 12.0. The number of benzene rings is 2. The number of hydrogen-bond acceptors (Lipinski definition) is 0. The van der Waals surface area contributed by atoms with Gasteiger partial charge in [0.1, 0.15) is 0 Å². The van der Waals surface area contributed by atoms with Crippen molar-refractivity contribution >= 4 is 10.8 Å². The molecule has 0 atom stereocenters. The first-order valence-corrected chi connectivity index (χ1v) is 9.04. The fourth-order valence-electron chi connectivity index (χ4n) is 1.92. The quantitative estimate of drug-likeness (QED) is 0.463. The van der Waals surface area contributed by atoms with Crippen LogP contribution < -0.4 is 0 Å². The van der Waals surface area contributed by atoms with Gasteiger partial charge in [-0.1, -0.05) is 125 Å². The molecule has 0 unspecified atom stereocenters. The highest BCUT2D eigenvalue weighted by Gasteiger charge is 1.85. The van der Waals surface area contributed by atoms with Gasteiger partial charge < -0.3 is 0 Å². The minimum Gasteiger partial charge on any atom is -0.0808 e. The van der Waals surface area contributed by atoms with Crippen LogP contribution in [0, 0.1) is 0 Å². The van der Waals surface area contributed by atoms with Gasteiger partial charge in [0.2, 0.25) is 0 Å². The zero-order chi connectivity index (χ0) is 17.9. The zero-order valence-corrected chi connectivity index (χ0v) is 15.7. The third-order valence-electron chi connectivity index (χ3n) is 2.97. The minimum absolute atomic E-state index is 1.14. The average Bonchev–Trinajstić information content (AvgIpc) is 3.44. The maximum Gasteiger partial charge on any atom is -0.0163 e. The molecule has 2 aromatic rings.